The van der Waals surface area contributed by atoms with Gasteiger partial charge in [-0.3, -0.25) is 4.79 Å². The van der Waals surface area contributed by atoms with Gasteiger partial charge in [-0.15, -0.1) is 12.4 Å². The molecule has 1 atom stereocenters. The molecule has 1 unspecified atom stereocenters. The summed E-state index contributed by atoms with van der Waals surface area (Å²) in [5, 5.41) is 9.48. The summed E-state index contributed by atoms with van der Waals surface area (Å²) in [4.78, 5) is 13.9. The van der Waals surface area contributed by atoms with E-state index in [1.807, 2.05) is 13.0 Å². The van der Waals surface area contributed by atoms with Crippen LogP contribution in [0.5, 0.6) is 5.75 Å². The van der Waals surface area contributed by atoms with E-state index in [0.29, 0.717) is 13.1 Å². The van der Waals surface area contributed by atoms with Crippen LogP contribution in [0.25, 0.3) is 0 Å². The summed E-state index contributed by atoms with van der Waals surface area (Å²) >= 11 is 0. The molecule has 1 aromatic carbocycles. The Bertz CT molecular complexity index is 451. The summed E-state index contributed by atoms with van der Waals surface area (Å²) in [6.45, 7) is 3.30. The van der Waals surface area contributed by atoms with Crippen molar-refractivity contribution in [1.82, 2.24) is 4.90 Å². The van der Waals surface area contributed by atoms with E-state index in [2.05, 4.69) is 0 Å². The van der Waals surface area contributed by atoms with Gasteiger partial charge in [0.1, 0.15) is 5.75 Å². The van der Waals surface area contributed by atoms with Crippen molar-refractivity contribution in [3.8, 4) is 5.75 Å². The highest BCUT2D eigenvalue weighted by Crippen LogP contribution is 2.23. The molecule has 3 N–H and O–H groups in total. The fourth-order valence-electron chi connectivity index (χ4n) is 2.40. The maximum atomic E-state index is 12.1. The summed E-state index contributed by atoms with van der Waals surface area (Å²) in [7, 11) is 0. The quantitative estimate of drug-likeness (QED) is 0.890. The van der Waals surface area contributed by atoms with Crippen LogP contribution in [-0.4, -0.2) is 28.5 Å². The standard InChI is InChI=1S/C14H20N2O2.ClH/c1-2-3-13(15)14(18)16-7-6-10-4-5-12(17)8-11(10)9-16;/h4-5,8,13,17H,2-3,6-7,9,15H2,1H3;1H. The first-order valence-electron chi connectivity index (χ1n) is 6.47. The Balaban J connectivity index is 0.00000180. The van der Waals surface area contributed by atoms with E-state index in [9.17, 15) is 9.90 Å². The molecule has 0 bridgehead atoms. The van der Waals surface area contributed by atoms with E-state index in [4.69, 9.17) is 5.73 Å². The highest BCUT2D eigenvalue weighted by molar-refractivity contribution is 5.85. The maximum absolute atomic E-state index is 12.1. The van der Waals surface area contributed by atoms with Crippen LogP contribution in [0.15, 0.2) is 18.2 Å². The van der Waals surface area contributed by atoms with Crippen LogP contribution in [0, 0.1) is 0 Å². The second-order valence-electron chi connectivity index (χ2n) is 4.86. The third-order valence-corrected chi connectivity index (χ3v) is 3.43. The van der Waals surface area contributed by atoms with Gasteiger partial charge in [0.2, 0.25) is 5.91 Å². The van der Waals surface area contributed by atoms with Gasteiger partial charge < -0.3 is 15.7 Å². The van der Waals surface area contributed by atoms with Gasteiger partial charge >= 0.3 is 0 Å². The van der Waals surface area contributed by atoms with Crippen molar-refractivity contribution in [2.45, 2.75) is 38.8 Å². The lowest BCUT2D eigenvalue weighted by molar-refractivity contribution is -0.133. The molecule has 5 heteroatoms. The number of amides is 1. The van der Waals surface area contributed by atoms with Crippen LogP contribution in [0.3, 0.4) is 0 Å². The summed E-state index contributed by atoms with van der Waals surface area (Å²) in [5.74, 6) is 0.270. The molecule has 19 heavy (non-hydrogen) atoms. The topological polar surface area (TPSA) is 66.6 Å². The average Bonchev–Trinajstić information content (AvgIpc) is 2.37. The molecule has 1 aromatic rings. The number of phenolic OH excluding ortho intramolecular Hbond substituents is 1. The number of hydrogen-bond acceptors (Lipinski definition) is 3. The van der Waals surface area contributed by atoms with Gasteiger partial charge in [0.25, 0.3) is 0 Å². The molecule has 0 radical (unpaired) electrons. The van der Waals surface area contributed by atoms with Crippen molar-refractivity contribution < 1.29 is 9.90 Å². The SMILES string of the molecule is CCCC(N)C(=O)N1CCc2ccc(O)cc2C1.Cl. The third kappa shape index (κ3) is 3.61. The molecule has 1 heterocycles. The first-order chi connectivity index (χ1) is 8.61. The summed E-state index contributed by atoms with van der Waals surface area (Å²) in [6, 6.07) is 4.96. The zero-order valence-corrected chi connectivity index (χ0v) is 11.9. The zero-order chi connectivity index (χ0) is 13.1. The fraction of sp³-hybridized carbons (Fsp3) is 0.500. The molecule has 1 aliphatic rings. The monoisotopic (exact) mass is 284 g/mol. The highest BCUT2D eigenvalue weighted by Gasteiger charge is 2.24. The van der Waals surface area contributed by atoms with Crippen molar-refractivity contribution in [3.05, 3.63) is 29.3 Å². The number of nitrogens with zero attached hydrogens (tertiary/aromatic N) is 1. The molecule has 0 spiro atoms. The van der Waals surface area contributed by atoms with Crippen LogP contribution < -0.4 is 5.73 Å². The second-order valence-corrected chi connectivity index (χ2v) is 4.86. The maximum Gasteiger partial charge on any atom is 0.239 e. The Morgan fingerprint density at radius 3 is 2.89 bits per heavy atom. The Hall–Kier alpha value is -1.26. The van der Waals surface area contributed by atoms with Gasteiger partial charge in [0.15, 0.2) is 0 Å². The number of fused-ring (bicyclic) bond motifs is 1. The Morgan fingerprint density at radius 1 is 1.47 bits per heavy atom. The summed E-state index contributed by atoms with van der Waals surface area (Å²) in [5.41, 5.74) is 8.10. The Labute approximate surface area is 120 Å². The molecule has 1 amide bonds. The van der Waals surface area contributed by atoms with Gasteiger partial charge in [-0.2, -0.15) is 0 Å². The Morgan fingerprint density at radius 2 is 2.21 bits per heavy atom. The van der Waals surface area contributed by atoms with E-state index < -0.39 is 6.04 Å². The van der Waals surface area contributed by atoms with Crippen molar-refractivity contribution in [3.63, 3.8) is 0 Å². The number of halogens is 1. The number of carbonyl (C=O) groups excluding carboxylic acids is 1. The molecule has 2 rings (SSSR count). The second kappa shape index (κ2) is 6.78. The van der Waals surface area contributed by atoms with Crippen LogP contribution >= 0.6 is 12.4 Å². The number of phenols is 1. The van der Waals surface area contributed by atoms with E-state index >= 15 is 0 Å². The molecule has 0 aromatic heterocycles. The predicted molar refractivity (Wildman–Crippen MR) is 77.4 cm³/mol. The van der Waals surface area contributed by atoms with Crippen molar-refractivity contribution in [2.24, 2.45) is 5.73 Å². The number of hydrogen-bond donors (Lipinski definition) is 2. The van der Waals surface area contributed by atoms with Crippen LogP contribution in [0.1, 0.15) is 30.9 Å². The number of carbonyl (C=O) groups is 1. The van der Waals surface area contributed by atoms with Gasteiger partial charge in [-0.05, 0) is 36.1 Å². The molecule has 0 saturated heterocycles. The van der Waals surface area contributed by atoms with Crippen LogP contribution in [0.2, 0.25) is 0 Å². The lowest BCUT2D eigenvalue weighted by Gasteiger charge is -2.30. The molecular formula is C14H21ClN2O2. The molecule has 0 aliphatic carbocycles. The van der Waals surface area contributed by atoms with E-state index in [-0.39, 0.29) is 24.1 Å². The smallest absolute Gasteiger partial charge is 0.239 e. The fourth-order valence-corrected chi connectivity index (χ4v) is 2.40. The molecule has 106 valence electrons. The van der Waals surface area contributed by atoms with Crippen molar-refractivity contribution in [1.29, 1.82) is 0 Å². The zero-order valence-electron chi connectivity index (χ0n) is 11.1. The lowest BCUT2D eigenvalue weighted by Crippen LogP contribution is -2.45. The minimum Gasteiger partial charge on any atom is -0.508 e. The van der Waals surface area contributed by atoms with Gasteiger partial charge in [0, 0.05) is 13.1 Å². The average molecular weight is 285 g/mol. The van der Waals surface area contributed by atoms with Crippen molar-refractivity contribution >= 4 is 18.3 Å². The van der Waals surface area contributed by atoms with Gasteiger partial charge in [0.05, 0.1) is 6.04 Å². The highest BCUT2D eigenvalue weighted by atomic mass is 35.5. The van der Waals surface area contributed by atoms with Crippen LogP contribution in [-0.2, 0) is 17.8 Å². The summed E-state index contributed by atoms with van der Waals surface area (Å²) in [6.07, 6.45) is 2.47. The van der Waals surface area contributed by atoms with Crippen LogP contribution in [0.4, 0.5) is 0 Å². The normalized spacial score (nSPS) is 15.4. The molecule has 1 aliphatic heterocycles. The first-order valence-corrected chi connectivity index (χ1v) is 6.47. The first kappa shape index (κ1) is 15.8. The summed E-state index contributed by atoms with van der Waals surface area (Å²) < 4.78 is 0. The van der Waals surface area contributed by atoms with Gasteiger partial charge in [-0.1, -0.05) is 19.4 Å². The van der Waals surface area contributed by atoms with Crippen molar-refractivity contribution in [2.75, 3.05) is 6.54 Å². The molecule has 4 nitrogen and oxygen atoms in total. The van der Waals surface area contributed by atoms with E-state index in [0.717, 1.165) is 24.8 Å². The van der Waals surface area contributed by atoms with Gasteiger partial charge in [-0.25, -0.2) is 0 Å². The predicted octanol–water partition coefficient (Wildman–Crippen LogP) is 1.83. The number of aromatic hydroxyl groups is 1. The molecule has 0 fully saturated rings. The van der Waals surface area contributed by atoms with E-state index in [1.165, 1.54) is 5.56 Å². The molecule has 0 saturated carbocycles. The number of nitrogens with two attached hydrogens (primary N) is 1. The number of benzene rings is 1. The minimum absolute atomic E-state index is 0. The molecular weight excluding hydrogens is 264 g/mol. The Kier molecular flexibility index (Phi) is 5.63. The minimum atomic E-state index is -0.395. The largest absolute Gasteiger partial charge is 0.508 e. The number of rotatable bonds is 3. The third-order valence-electron chi connectivity index (χ3n) is 3.43. The van der Waals surface area contributed by atoms with E-state index in [1.54, 1.807) is 17.0 Å². The lowest BCUT2D eigenvalue weighted by atomic mass is 9.98.